The van der Waals surface area contributed by atoms with Gasteiger partial charge in [-0.15, -0.1) is 0 Å². The van der Waals surface area contributed by atoms with Gasteiger partial charge in [-0.25, -0.2) is 0 Å². The summed E-state index contributed by atoms with van der Waals surface area (Å²) in [6, 6.07) is 9.88. The SMILES string of the molecule is CCCCC/C=C\C/C=C\CCCC(COC(=O)CC(CCCCCCCC)CCCCCCCC)CC(CC(=O)OCc1ccccc1)CN(C)C. The van der Waals surface area contributed by atoms with E-state index in [0.717, 1.165) is 57.1 Å². The van der Waals surface area contributed by atoms with Crippen molar-refractivity contribution in [3.8, 4) is 0 Å². The molecule has 5 nitrogen and oxygen atoms in total. The lowest BCUT2D eigenvalue weighted by atomic mass is 9.88. The molecule has 0 saturated heterocycles. The number of esters is 2. The van der Waals surface area contributed by atoms with Crippen molar-refractivity contribution in [2.45, 2.75) is 188 Å². The van der Waals surface area contributed by atoms with Gasteiger partial charge in [0.15, 0.2) is 0 Å². The summed E-state index contributed by atoms with van der Waals surface area (Å²) >= 11 is 0. The number of carbonyl (C=O) groups is 2. The van der Waals surface area contributed by atoms with E-state index in [1.54, 1.807) is 0 Å². The van der Waals surface area contributed by atoms with Crippen LogP contribution < -0.4 is 0 Å². The Hall–Kier alpha value is -2.40. The molecule has 0 spiro atoms. The summed E-state index contributed by atoms with van der Waals surface area (Å²) < 4.78 is 11.8. The highest BCUT2D eigenvalue weighted by Crippen LogP contribution is 2.26. The van der Waals surface area contributed by atoms with Crippen molar-refractivity contribution in [2.75, 3.05) is 27.2 Å². The van der Waals surface area contributed by atoms with E-state index in [1.807, 2.05) is 30.3 Å². The third-order valence-corrected chi connectivity index (χ3v) is 10.4. The van der Waals surface area contributed by atoms with Crippen LogP contribution in [0.5, 0.6) is 0 Å². The number of unbranched alkanes of at least 4 members (excludes halogenated alkanes) is 14. The Morgan fingerprint density at radius 2 is 1.09 bits per heavy atom. The third-order valence-electron chi connectivity index (χ3n) is 10.4. The molecule has 1 rings (SSSR count). The maximum atomic E-state index is 13.4. The van der Waals surface area contributed by atoms with Crippen LogP contribution in [-0.4, -0.2) is 44.1 Å². The fourth-order valence-electron chi connectivity index (χ4n) is 7.34. The summed E-state index contributed by atoms with van der Waals surface area (Å²) in [5.41, 5.74) is 1.00. The highest BCUT2D eigenvalue weighted by atomic mass is 16.5. The fraction of sp³-hybridized carbons (Fsp3) is 0.750. The molecule has 1 aromatic rings. The van der Waals surface area contributed by atoms with E-state index >= 15 is 0 Å². The van der Waals surface area contributed by atoms with Crippen LogP contribution in [0.3, 0.4) is 0 Å². The zero-order valence-corrected chi connectivity index (χ0v) is 35.3. The Labute approximate surface area is 328 Å². The Kier molecular flexibility index (Phi) is 32.4. The second kappa shape index (κ2) is 35.3. The Bertz CT molecular complexity index is 1020. The first-order valence-corrected chi connectivity index (χ1v) is 22.2. The highest BCUT2D eigenvalue weighted by Gasteiger charge is 2.23. The first-order valence-electron chi connectivity index (χ1n) is 22.2. The molecule has 0 heterocycles. The lowest BCUT2D eigenvalue weighted by Crippen LogP contribution is -2.28. The summed E-state index contributed by atoms with van der Waals surface area (Å²) in [5, 5.41) is 0. The molecule has 0 bridgehead atoms. The average Bonchev–Trinajstić information content (AvgIpc) is 3.14. The maximum absolute atomic E-state index is 13.4. The van der Waals surface area contributed by atoms with E-state index < -0.39 is 0 Å². The molecule has 2 atom stereocenters. The van der Waals surface area contributed by atoms with Crippen LogP contribution in [0.4, 0.5) is 0 Å². The third kappa shape index (κ3) is 30.6. The number of carbonyl (C=O) groups excluding carboxylic acids is 2. The van der Waals surface area contributed by atoms with Crippen LogP contribution in [0.1, 0.15) is 187 Å². The van der Waals surface area contributed by atoms with Gasteiger partial charge in [-0.2, -0.15) is 0 Å². The second-order valence-corrected chi connectivity index (χ2v) is 16.1. The Balaban J connectivity index is 2.82. The van der Waals surface area contributed by atoms with Crippen molar-refractivity contribution in [3.05, 3.63) is 60.2 Å². The maximum Gasteiger partial charge on any atom is 0.306 e. The van der Waals surface area contributed by atoms with Crippen molar-refractivity contribution >= 4 is 11.9 Å². The molecule has 0 N–H and O–H groups in total. The fourth-order valence-corrected chi connectivity index (χ4v) is 7.34. The van der Waals surface area contributed by atoms with Gasteiger partial charge < -0.3 is 14.4 Å². The summed E-state index contributed by atoms with van der Waals surface area (Å²) in [7, 11) is 4.13. The largest absolute Gasteiger partial charge is 0.465 e. The van der Waals surface area contributed by atoms with Gasteiger partial charge in [0.05, 0.1) is 6.61 Å². The van der Waals surface area contributed by atoms with E-state index in [1.165, 1.54) is 103 Å². The van der Waals surface area contributed by atoms with Crippen LogP contribution in [0.25, 0.3) is 0 Å². The standard InChI is InChI=1S/C48H83NO4/c1-6-9-12-15-18-19-20-21-22-25-29-36-45(37-46(40-49(4)5)39-48(51)52-41-44-34-30-26-31-35-44)42-53-47(50)38-43(32-27-23-16-13-10-7-2)33-28-24-17-14-11-8-3/h18-19,21-22,26,30-31,34-35,43,45-46H,6-17,20,23-25,27-29,32-33,36-42H2,1-5H3/b19-18-,22-21-. The summed E-state index contributed by atoms with van der Waals surface area (Å²) in [6.07, 6.45) is 37.7. The monoisotopic (exact) mass is 738 g/mol. The van der Waals surface area contributed by atoms with Crippen LogP contribution in [0.2, 0.25) is 0 Å². The Morgan fingerprint density at radius 1 is 0.585 bits per heavy atom. The molecular weight excluding hydrogens is 655 g/mol. The van der Waals surface area contributed by atoms with E-state index in [-0.39, 0.29) is 23.8 Å². The lowest BCUT2D eigenvalue weighted by molar-refractivity contribution is -0.148. The molecule has 53 heavy (non-hydrogen) atoms. The molecule has 0 fully saturated rings. The van der Waals surface area contributed by atoms with Crippen molar-refractivity contribution in [2.24, 2.45) is 17.8 Å². The number of hydrogen-bond donors (Lipinski definition) is 0. The molecule has 1 aromatic carbocycles. The summed E-state index contributed by atoms with van der Waals surface area (Å²) in [6.45, 7) is 8.32. The van der Waals surface area contributed by atoms with Gasteiger partial charge in [0, 0.05) is 19.4 Å². The summed E-state index contributed by atoms with van der Waals surface area (Å²) in [4.78, 5) is 28.6. The van der Waals surface area contributed by atoms with Crippen molar-refractivity contribution in [1.82, 2.24) is 4.90 Å². The van der Waals surface area contributed by atoms with E-state index in [2.05, 4.69) is 64.1 Å². The normalized spacial score (nSPS) is 13.0. The van der Waals surface area contributed by atoms with Crippen LogP contribution in [0, 0.1) is 17.8 Å². The van der Waals surface area contributed by atoms with E-state index in [4.69, 9.17) is 9.47 Å². The first-order chi connectivity index (χ1) is 25.9. The molecule has 0 aliphatic heterocycles. The molecule has 0 aromatic heterocycles. The van der Waals surface area contributed by atoms with Gasteiger partial charge in [-0.1, -0.05) is 165 Å². The molecule has 2 unspecified atom stereocenters. The van der Waals surface area contributed by atoms with E-state index in [0.29, 0.717) is 32.0 Å². The minimum Gasteiger partial charge on any atom is -0.465 e. The van der Waals surface area contributed by atoms with Gasteiger partial charge in [0.2, 0.25) is 0 Å². The number of benzene rings is 1. The Morgan fingerprint density at radius 3 is 1.70 bits per heavy atom. The quantitative estimate of drug-likeness (QED) is 0.0390. The molecule has 304 valence electrons. The van der Waals surface area contributed by atoms with Crippen molar-refractivity contribution in [1.29, 1.82) is 0 Å². The minimum absolute atomic E-state index is 0.0333. The number of rotatable bonds is 36. The lowest BCUT2D eigenvalue weighted by Gasteiger charge is -2.26. The number of allylic oxidation sites excluding steroid dienone is 4. The topological polar surface area (TPSA) is 55.8 Å². The first kappa shape index (κ1) is 48.6. The average molecular weight is 738 g/mol. The van der Waals surface area contributed by atoms with Gasteiger partial charge in [-0.3, -0.25) is 9.59 Å². The summed E-state index contributed by atoms with van der Waals surface area (Å²) in [5.74, 6) is 0.583. The van der Waals surface area contributed by atoms with Crippen LogP contribution in [0.15, 0.2) is 54.6 Å². The predicted molar refractivity (Wildman–Crippen MR) is 227 cm³/mol. The molecule has 0 saturated carbocycles. The zero-order valence-electron chi connectivity index (χ0n) is 35.3. The number of ether oxygens (including phenoxy) is 2. The molecule has 0 aliphatic rings. The van der Waals surface area contributed by atoms with Gasteiger partial charge in [0.1, 0.15) is 6.61 Å². The van der Waals surface area contributed by atoms with E-state index in [9.17, 15) is 9.59 Å². The van der Waals surface area contributed by atoms with Gasteiger partial charge in [-0.05, 0) is 95.2 Å². The van der Waals surface area contributed by atoms with Crippen LogP contribution >= 0.6 is 0 Å². The number of hydrogen-bond acceptors (Lipinski definition) is 5. The smallest absolute Gasteiger partial charge is 0.306 e. The molecule has 0 radical (unpaired) electrons. The second-order valence-electron chi connectivity index (χ2n) is 16.1. The zero-order chi connectivity index (χ0) is 38.6. The van der Waals surface area contributed by atoms with Gasteiger partial charge >= 0.3 is 11.9 Å². The van der Waals surface area contributed by atoms with Crippen LogP contribution in [-0.2, 0) is 25.7 Å². The number of nitrogens with zero attached hydrogens (tertiary/aromatic N) is 1. The highest BCUT2D eigenvalue weighted by molar-refractivity contribution is 5.70. The van der Waals surface area contributed by atoms with Crippen molar-refractivity contribution < 1.29 is 19.1 Å². The molecular formula is C48H83NO4. The minimum atomic E-state index is -0.158. The van der Waals surface area contributed by atoms with Crippen molar-refractivity contribution in [3.63, 3.8) is 0 Å². The predicted octanol–water partition coefficient (Wildman–Crippen LogP) is 13.6. The molecule has 0 amide bonds. The molecule has 0 aliphatic carbocycles. The molecule has 5 heteroatoms. The van der Waals surface area contributed by atoms with Gasteiger partial charge in [0.25, 0.3) is 0 Å².